The van der Waals surface area contributed by atoms with Gasteiger partial charge in [0.25, 0.3) is 0 Å². The molecule has 9 nitrogen and oxygen atoms in total. The number of nitrogens with zero attached hydrogens (tertiary/aromatic N) is 4. The van der Waals surface area contributed by atoms with Gasteiger partial charge in [-0.2, -0.15) is 10.2 Å². The van der Waals surface area contributed by atoms with Crippen LogP contribution < -0.4 is 16.0 Å². The summed E-state index contributed by atoms with van der Waals surface area (Å²) in [5.41, 5.74) is 2.04. The van der Waals surface area contributed by atoms with Crippen LogP contribution in [0.25, 0.3) is 0 Å². The Labute approximate surface area is 126 Å². The van der Waals surface area contributed by atoms with E-state index in [0.717, 1.165) is 6.07 Å². The van der Waals surface area contributed by atoms with Gasteiger partial charge in [-0.1, -0.05) is 0 Å². The molecule has 1 aromatic heterocycles. The summed E-state index contributed by atoms with van der Waals surface area (Å²) in [6.45, 7) is 0. The van der Waals surface area contributed by atoms with Gasteiger partial charge in [0.2, 0.25) is 17.6 Å². The molecule has 0 spiro atoms. The van der Waals surface area contributed by atoms with E-state index in [4.69, 9.17) is 15.8 Å². The third kappa shape index (κ3) is 3.22. The van der Waals surface area contributed by atoms with Crippen LogP contribution in [0, 0.1) is 21.4 Å². The number of nitriles is 1. The summed E-state index contributed by atoms with van der Waals surface area (Å²) >= 11 is 3.17. The Kier molecular flexibility index (Phi) is 4.27. The van der Waals surface area contributed by atoms with Crippen molar-refractivity contribution < 1.29 is 9.66 Å². The highest BCUT2D eigenvalue weighted by atomic mass is 79.9. The molecule has 2 aromatic rings. The Balaban J connectivity index is 2.44. The number of nitro groups is 1. The lowest BCUT2D eigenvalue weighted by Gasteiger charge is -2.08. The van der Waals surface area contributed by atoms with Crippen molar-refractivity contribution in [3.63, 3.8) is 0 Å². The summed E-state index contributed by atoms with van der Waals surface area (Å²) < 4.78 is 5.79. The van der Waals surface area contributed by atoms with Gasteiger partial charge >= 0.3 is 5.69 Å². The van der Waals surface area contributed by atoms with Crippen LogP contribution in [0.2, 0.25) is 0 Å². The Morgan fingerprint density at radius 2 is 2.29 bits per heavy atom. The molecule has 0 radical (unpaired) electrons. The van der Waals surface area contributed by atoms with E-state index in [-0.39, 0.29) is 28.8 Å². The van der Waals surface area contributed by atoms with Gasteiger partial charge in [0, 0.05) is 6.07 Å². The fourth-order valence-corrected chi connectivity index (χ4v) is 1.68. The number of benzene rings is 1. The lowest BCUT2D eigenvalue weighted by Crippen LogP contribution is -2.10. The van der Waals surface area contributed by atoms with Crippen molar-refractivity contribution in [1.29, 1.82) is 5.26 Å². The van der Waals surface area contributed by atoms with Crippen LogP contribution in [0.3, 0.4) is 0 Å². The number of nitrogens with one attached hydrogen (secondary N) is 1. The molecule has 1 aromatic carbocycles. The van der Waals surface area contributed by atoms with Gasteiger partial charge in [-0.15, -0.1) is 0 Å². The van der Waals surface area contributed by atoms with Gasteiger partial charge in [0.05, 0.1) is 27.2 Å². The second kappa shape index (κ2) is 6.12. The first-order chi connectivity index (χ1) is 10.0. The molecule has 3 N–H and O–H groups in total. The fraction of sp³-hybridized carbons (Fsp3) is 0. The van der Waals surface area contributed by atoms with Crippen molar-refractivity contribution in [3.8, 4) is 17.7 Å². The molecule has 0 atom stereocenters. The molecule has 0 bridgehead atoms. The van der Waals surface area contributed by atoms with Gasteiger partial charge < -0.3 is 4.74 Å². The van der Waals surface area contributed by atoms with E-state index < -0.39 is 4.92 Å². The zero-order valence-electron chi connectivity index (χ0n) is 10.3. The monoisotopic (exact) mass is 350 g/mol. The average Bonchev–Trinajstić information content (AvgIpc) is 2.49. The topological polar surface area (TPSA) is 140 Å². The second-order valence-electron chi connectivity index (χ2n) is 3.64. The van der Waals surface area contributed by atoms with Gasteiger partial charge in [-0.3, -0.25) is 15.5 Å². The third-order valence-corrected chi connectivity index (χ3v) is 2.88. The number of hydrazine groups is 1. The predicted octanol–water partition coefficient (Wildman–Crippen LogP) is 2.10. The molecule has 0 saturated carbocycles. The number of nitrogens with two attached hydrogens (primary N) is 1. The molecule has 0 unspecified atom stereocenters. The standard InChI is InChI=1S/C11H7BrN6O3/c12-7-5-15-11(17-14)16-10(7)21-9-2-1-6(4-13)3-8(9)18(19)20/h1-3,5H,14H2,(H,15,16,17). The van der Waals surface area contributed by atoms with Crippen molar-refractivity contribution in [2.45, 2.75) is 0 Å². The number of nitrogen functional groups attached to an aromatic ring is 1. The number of ether oxygens (including phenoxy) is 1. The third-order valence-electron chi connectivity index (χ3n) is 2.33. The Hall–Kier alpha value is -2.77. The number of nitro benzene ring substituents is 1. The number of hydrogen-bond donors (Lipinski definition) is 2. The van der Waals surface area contributed by atoms with Crippen molar-refractivity contribution in [2.24, 2.45) is 5.84 Å². The van der Waals surface area contributed by atoms with Crippen molar-refractivity contribution in [1.82, 2.24) is 9.97 Å². The lowest BCUT2D eigenvalue weighted by atomic mass is 10.2. The molecular formula is C11H7BrN6O3. The number of hydrogen-bond acceptors (Lipinski definition) is 8. The SMILES string of the molecule is N#Cc1ccc(Oc2nc(NN)ncc2Br)c([N+](=O)[O-])c1. The van der Waals surface area contributed by atoms with Crippen LogP contribution in [-0.2, 0) is 0 Å². The van der Waals surface area contributed by atoms with Crippen LogP contribution in [0.1, 0.15) is 5.56 Å². The smallest absolute Gasteiger partial charge is 0.312 e. The molecule has 10 heteroatoms. The summed E-state index contributed by atoms with van der Waals surface area (Å²) in [6, 6.07) is 5.66. The molecule has 0 aliphatic carbocycles. The van der Waals surface area contributed by atoms with Crippen molar-refractivity contribution >= 4 is 27.6 Å². The summed E-state index contributed by atoms with van der Waals surface area (Å²) in [7, 11) is 0. The van der Waals surface area contributed by atoms with Crippen LogP contribution in [0.4, 0.5) is 11.6 Å². The molecule has 0 aliphatic rings. The minimum absolute atomic E-state index is 0.0470. The number of anilines is 1. The van der Waals surface area contributed by atoms with Gasteiger partial charge in [0.15, 0.2) is 0 Å². The van der Waals surface area contributed by atoms with E-state index >= 15 is 0 Å². The summed E-state index contributed by atoms with van der Waals surface area (Å²) in [5.74, 6) is 5.27. The zero-order valence-corrected chi connectivity index (χ0v) is 11.9. The summed E-state index contributed by atoms with van der Waals surface area (Å²) in [4.78, 5) is 18.1. The van der Waals surface area contributed by atoms with E-state index in [0.29, 0.717) is 4.47 Å². The fourth-order valence-electron chi connectivity index (χ4n) is 1.41. The molecule has 0 saturated heterocycles. The van der Waals surface area contributed by atoms with Crippen molar-refractivity contribution in [2.75, 3.05) is 5.43 Å². The molecule has 0 amide bonds. The van der Waals surface area contributed by atoms with E-state index in [1.807, 2.05) is 6.07 Å². The minimum atomic E-state index is -0.645. The largest absolute Gasteiger partial charge is 0.430 e. The van der Waals surface area contributed by atoms with Crippen molar-refractivity contribution in [3.05, 3.63) is 44.5 Å². The molecule has 2 rings (SSSR count). The molecule has 21 heavy (non-hydrogen) atoms. The van der Waals surface area contributed by atoms with Crippen LogP contribution >= 0.6 is 15.9 Å². The van der Waals surface area contributed by atoms with Crippen LogP contribution in [-0.4, -0.2) is 14.9 Å². The molecule has 0 aliphatic heterocycles. The first-order valence-electron chi connectivity index (χ1n) is 5.40. The highest BCUT2D eigenvalue weighted by Crippen LogP contribution is 2.34. The predicted molar refractivity (Wildman–Crippen MR) is 75.4 cm³/mol. The molecular weight excluding hydrogens is 344 g/mol. The Morgan fingerprint density at radius 3 is 2.90 bits per heavy atom. The van der Waals surface area contributed by atoms with E-state index in [2.05, 4.69) is 31.3 Å². The second-order valence-corrected chi connectivity index (χ2v) is 4.50. The Morgan fingerprint density at radius 1 is 1.52 bits per heavy atom. The number of rotatable bonds is 4. The highest BCUT2D eigenvalue weighted by Gasteiger charge is 2.18. The highest BCUT2D eigenvalue weighted by molar-refractivity contribution is 9.10. The quantitative estimate of drug-likeness (QED) is 0.485. The average molecular weight is 351 g/mol. The zero-order chi connectivity index (χ0) is 15.4. The molecule has 1 heterocycles. The maximum Gasteiger partial charge on any atom is 0.312 e. The summed E-state index contributed by atoms with van der Waals surface area (Å²) in [5, 5.41) is 19.8. The first kappa shape index (κ1) is 14.6. The maximum absolute atomic E-state index is 11.0. The lowest BCUT2D eigenvalue weighted by molar-refractivity contribution is -0.385. The van der Waals surface area contributed by atoms with Gasteiger partial charge in [-0.05, 0) is 28.1 Å². The normalized spacial score (nSPS) is 9.76. The van der Waals surface area contributed by atoms with E-state index in [9.17, 15) is 10.1 Å². The summed E-state index contributed by atoms with van der Waals surface area (Å²) in [6.07, 6.45) is 1.38. The van der Waals surface area contributed by atoms with Gasteiger partial charge in [0.1, 0.15) is 0 Å². The molecule has 106 valence electrons. The molecule has 0 fully saturated rings. The first-order valence-corrected chi connectivity index (χ1v) is 6.20. The number of halogens is 1. The van der Waals surface area contributed by atoms with E-state index in [1.165, 1.54) is 18.3 Å². The van der Waals surface area contributed by atoms with E-state index in [1.54, 1.807) is 0 Å². The maximum atomic E-state index is 11.0. The minimum Gasteiger partial charge on any atom is -0.430 e. The van der Waals surface area contributed by atoms with Crippen LogP contribution in [0.15, 0.2) is 28.9 Å². The Bertz CT molecular complexity index is 745. The number of aromatic nitrogens is 2. The van der Waals surface area contributed by atoms with Crippen LogP contribution in [0.5, 0.6) is 11.6 Å². The van der Waals surface area contributed by atoms with Gasteiger partial charge in [-0.25, -0.2) is 10.8 Å².